The number of rotatable bonds is 11. The maximum absolute atomic E-state index is 8.61. The van der Waals surface area contributed by atoms with Crippen LogP contribution in [0, 0.1) is 22.7 Å². The fourth-order valence-corrected chi connectivity index (χ4v) is 2.40. The number of benzene rings is 1. The van der Waals surface area contributed by atoms with Gasteiger partial charge in [0.1, 0.15) is 12.1 Å². The predicted molar refractivity (Wildman–Crippen MR) is 95.0 cm³/mol. The summed E-state index contributed by atoms with van der Waals surface area (Å²) >= 11 is 0. The maximum Gasteiger partial charge on any atom is 0.237 e. The highest BCUT2D eigenvalue weighted by Gasteiger charge is 1.97. The molecule has 0 spiro atoms. The van der Waals surface area contributed by atoms with Gasteiger partial charge in [-0.1, -0.05) is 64.0 Å². The van der Waals surface area contributed by atoms with E-state index in [0.29, 0.717) is 0 Å². The number of hydrazone groups is 1. The Morgan fingerprint density at radius 3 is 2.04 bits per heavy atom. The van der Waals surface area contributed by atoms with Gasteiger partial charge in [-0.2, -0.15) is 15.6 Å². The highest BCUT2D eigenvalue weighted by molar-refractivity contribution is 6.10. The van der Waals surface area contributed by atoms with E-state index in [2.05, 4.69) is 29.6 Å². The molecule has 0 saturated carbocycles. The summed E-state index contributed by atoms with van der Waals surface area (Å²) in [5.41, 5.74) is 4.64. The zero-order valence-corrected chi connectivity index (χ0v) is 14.0. The van der Waals surface area contributed by atoms with E-state index < -0.39 is 0 Å². The first-order valence-electron chi connectivity index (χ1n) is 8.53. The SMILES string of the molecule is CCCCCCCCCCc1ccc(NN=C(C#N)C#N)cc1. The number of aryl methyl sites for hydroxylation is 1. The standard InChI is InChI=1S/C19H26N4/c1-2-3-4-5-6-7-8-9-10-17-11-13-18(14-12-17)22-23-19(15-20)16-21/h11-14,22H,2-10H2,1H3. The second kappa shape index (κ2) is 12.2. The highest BCUT2D eigenvalue weighted by atomic mass is 15.3. The van der Waals surface area contributed by atoms with Crippen molar-refractivity contribution in [1.82, 2.24) is 0 Å². The van der Waals surface area contributed by atoms with E-state index in [1.54, 1.807) is 12.1 Å². The molecular formula is C19H26N4. The molecular weight excluding hydrogens is 284 g/mol. The van der Waals surface area contributed by atoms with Gasteiger partial charge in [-0.05, 0) is 30.5 Å². The van der Waals surface area contributed by atoms with Gasteiger partial charge in [-0.3, -0.25) is 5.43 Å². The summed E-state index contributed by atoms with van der Waals surface area (Å²) in [5.74, 6) is 0. The lowest BCUT2D eigenvalue weighted by molar-refractivity contribution is 0.575. The molecule has 0 bridgehead atoms. The average molecular weight is 310 g/mol. The van der Waals surface area contributed by atoms with E-state index in [9.17, 15) is 0 Å². The predicted octanol–water partition coefficient (Wildman–Crippen LogP) is 5.18. The molecule has 4 nitrogen and oxygen atoms in total. The molecule has 0 aliphatic carbocycles. The lowest BCUT2D eigenvalue weighted by atomic mass is 10.0. The largest absolute Gasteiger partial charge is 0.277 e. The second-order valence-corrected chi connectivity index (χ2v) is 5.72. The Hall–Kier alpha value is -2.33. The third-order valence-corrected chi connectivity index (χ3v) is 3.78. The first-order valence-corrected chi connectivity index (χ1v) is 8.53. The topological polar surface area (TPSA) is 72.0 Å². The van der Waals surface area contributed by atoms with Crippen LogP contribution in [-0.4, -0.2) is 5.71 Å². The van der Waals surface area contributed by atoms with Gasteiger partial charge < -0.3 is 0 Å². The fourth-order valence-electron chi connectivity index (χ4n) is 2.40. The van der Waals surface area contributed by atoms with E-state index >= 15 is 0 Å². The molecule has 0 unspecified atom stereocenters. The number of hydrogen-bond acceptors (Lipinski definition) is 4. The molecule has 0 saturated heterocycles. The smallest absolute Gasteiger partial charge is 0.237 e. The molecule has 1 aromatic rings. The molecule has 0 aromatic heterocycles. The summed E-state index contributed by atoms with van der Waals surface area (Å²) < 4.78 is 0. The van der Waals surface area contributed by atoms with Crippen molar-refractivity contribution in [3.05, 3.63) is 29.8 Å². The molecule has 0 aliphatic rings. The second-order valence-electron chi connectivity index (χ2n) is 5.72. The number of nitriles is 2. The Bertz CT molecular complexity index is 530. The highest BCUT2D eigenvalue weighted by Crippen LogP contribution is 2.14. The number of unbranched alkanes of at least 4 members (excludes halogenated alkanes) is 7. The van der Waals surface area contributed by atoms with Crippen molar-refractivity contribution >= 4 is 11.4 Å². The Kier molecular flexibility index (Phi) is 9.96. The van der Waals surface area contributed by atoms with Crippen LogP contribution in [0.4, 0.5) is 5.69 Å². The van der Waals surface area contributed by atoms with Crippen molar-refractivity contribution in [2.45, 2.75) is 64.7 Å². The summed E-state index contributed by atoms with van der Waals surface area (Å²) in [7, 11) is 0. The van der Waals surface area contributed by atoms with Crippen LogP contribution >= 0.6 is 0 Å². The average Bonchev–Trinajstić information content (AvgIpc) is 2.59. The Labute approximate surface area is 139 Å². The number of hydrogen-bond donors (Lipinski definition) is 1. The molecule has 0 heterocycles. The lowest BCUT2D eigenvalue weighted by Gasteiger charge is -2.04. The van der Waals surface area contributed by atoms with Gasteiger partial charge in [0.25, 0.3) is 0 Å². The molecule has 0 amide bonds. The first-order chi connectivity index (χ1) is 11.3. The van der Waals surface area contributed by atoms with Gasteiger partial charge in [-0.25, -0.2) is 0 Å². The molecule has 0 fully saturated rings. The van der Waals surface area contributed by atoms with Crippen molar-refractivity contribution < 1.29 is 0 Å². The Balaban J connectivity index is 2.21. The van der Waals surface area contributed by atoms with Crippen LogP contribution in [0.2, 0.25) is 0 Å². The first kappa shape index (κ1) is 18.7. The number of nitrogens with one attached hydrogen (secondary N) is 1. The van der Waals surface area contributed by atoms with Crippen LogP contribution in [0.3, 0.4) is 0 Å². The fraction of sp³-hybridized carbons (Fsp3) is 0.526. The molecule has 1 N–H and O–H groups in total. The molecule has 122 valence electrons. The van der Waals surface area contributed by atoms with Crippen molar-refractivity contribution in [2.75, 3.05) is 5.43 Å². The van der Waals surface area contributed by atoms with Crippen LogP contribution < -0.4 is 5.43 Å². The van der Waals surface area contributed by atoms with Crippen LogP contribution in [-0.2, 0) is 6.42 Å². The molecule has 4 heteroatoms. The van der Waals surface area contributed by atoms with E-state index in [0.717, 1.165) is 12.1 Å². The third kappa shape index (κ3) is 8.63. The van der Waals surface area contributed by atoms with E-state index in [1.165, 1.54) is 56.9 Å². The maximum atomic E-state index is 8.61. The molecule has 23 heavy (non-hydrogen) atoms. The summed E-state index contributed by atoms with van der Waals surface area (Å²) in [4.78, 5) is 0. The Morgan fingerprint density at radius 1 is 0.913 bits per heavy atom. The minimum Gasteiger partial charge on any atom is -0.277 e. The molecule has 1 rings (SSSR count). The molecule has 0 atom stereocenters. The zero-order chi connectivity index (χ0) is 16.8. The van der Waals surface area contributed by atoms with Crippen molar-refractivity contribution in [3.63, 3.8) is 0 Å². The van der Waals surface area contributed by atoms with Crippen molar-refractivity contribution in [1.29, 1.82) is 10.5 Å². The zero-order valence-electron chi connectivity index (χ0n) is 14.0. The van der Waals surface area contributed by atoms with E-state index in [1.807, 2.05) is 12.1 Å². The summed E-state index contributed by atoms with van der Waals surface area (Å²) in [5, 5.41) is 20.9. The molecule has 0 radical (unpaired) electrons. The van der Waals surface area contributed by atoms with Crippen molar-refractivity contribution in [2.24, 2.45) is 5.10 Å². The van der Waals surface area contributed by atoms with Gasteiger partial charge in [0.15, 0.2) is 0 Å². The van der Waals surface area contributed by atoms with Gasteiger partial charge in [0, 0.05) is 0 Å². The lowest BCUT2D eigenvalue weighted by Crippen LogP contribution is -1.96. The van der Waals surface area contributed by atoms with Gasteiger partial charge in [0.05, 0.1) is 5.69 Å². The third-order valence-electron chi connectivity index (χ3n) is 3.78. The summed E-state index contributed by atoms with van der Waals surface area (Å²) in [6.45, 7) is 2.25. The Morgan fingerprint density at radius 2 is 1.48 bits per heavy atom. The van der Waals surface area contributed by atoms with Crippen LogP contribution in [0.5, 0.6) is 0 Å². The van der Waals surface area contributed by atoms with E-state index in [-0.39, 0.29) is 5.71 Å². The van der Waals surface area contributed by atoms with Crippen LogP contribution in [0.25, 0.3) is 0 Å². The number of nitrogens with zero attached hydrogens (tertiary/aromatic N) is 3. The van der Waals surface area contributed by atoms with Gasteiger partial charge >= 0.3 is 0 Å². The van der Waals surface area contributed by atoms with Crippen molar-refractivity contribution in [3.8, 4) is 12.1 Å². The van der Waals surface area contributed by atoms with Crippen LogP contribution in [0.1, 0.15) is 63.9 Å². The summed E-state index contributed by atoms with van der Waals surface area (Å²) in [6, 6.07) is 11.4. The quantitative estimate of drug-likeness (QED) is 0.347. The van der Waals surface area contributed by atoms with E-state index in [4.69, 9.17) is 10.5 Å². The minimum atomic E-state index is -0.173. The minimum absolute atomic E-state index is 0.173. The van der Waals surface area contributed by atoms with Gasteiger partial charge in [-0.15, -0.1) is 0 Å². The normalized spacial score (nSPS) is 9.70. The molecule has 0 aliphatic heterocycles. The number of anilines is 1. The van der Waals surface area contributed by atoms with Gasteiger partial charge in [0.2, 0.25) is 5.71 Å². The summed E-state index contributed by atoms with van der Waals surface area (Å²) in [6.07, 6.45) is 11.8. The molecule has 1 aromatic carbocycles. The van der Waals surface area contributed by atoms with Crippen LogP contribution in [0.15, 0.2) is 29.4 Å². The monoisotopic (exact) mass is 310 g/mol.